The number of aromatic nitrogens is 3. The summed E-state index contributed by atoms with van der Waals surface area (Å²) in [5.41, 5.74) is 4.65. The maximum atomic E-state index is 13.1. The average Bonchev–Trinajstić information content (AvgIpc) is 3.54. The molecule has 8 heteroatoms. The van der Waals surface area contributed by atoms with E-state index in [1.54, 1.807) is 27.4 Å². The standard InChI is InChI=1S/C22H21N5OS2/c1-25-20(13-18(24-25)16-5-3-2-4-6-16)21(28)26-8-10-27(11-9-26)22-23-19(15-30-22)17-7-12-29-14-17/h2-7,12-15H,8-11H2,1H3. The van der Waals surface area contributed by atoms with Gasteiger partial charge in [0.25, 0.3) is 5.91 Å². The van der Waals surface area contributed by atoms with E-state index in [4.69, 9.17) is 4.98 Å². The molecule has 152 valence electrons. The van der Waals surface area contributed by atoms with Crippen LogP contribution in [-0.4, -0.2) is 51.8 Å². The summed E-state index contributed by atoms with van der Waals surface area (Å²) >= 11 is 3.35. The highest BCUT2D eigenvalue weighted by molar-refractivity contribution is 7.14. The molecule has 0 radical (unpaired) electrons. The molecule has 3 aromatic heterocycles. The summed E-state index contributed by atoms with van der Waals surface area (Å²) in [6, 6.07) is 13.9. The second kappa shape index (κ2) is 8.04. The van der Waals surface area contributed by atoms with E-state index in [1.807, 2.05) is 48.3 Å². The van der Waals surface area contributed by atoms with Gasteiger partial charge in [-0.05, 0) is 17.5 Å². The first-order chi connectivity index (χ1) is 14.7. The molecule has 4 aromatic rings. The van der Waals surface area contributed by atoms with E-state index in [2.05, 4.69) is 32.2 Å². The molecule has 1 fully saturated rings. The van der Waals surface area contributed by atoms with E-state index in [0.717, 1.165) is 35.2 Å². The Morgan fingerprint density at radius 2 is 1.77 bits per heavy atom. The Balaban J connectivity index is 1.26. The first-order valence-electron chi connectivity index (χ1n) is 9.81. The molecule has 1 saturated heterocycles. The summed E-state index contributed by atoms with van der Waals surface area (Å²) in [6.45, 7) is 2.92. The number of rotatable bonds is 4. The van der Waals surface area contributed by atoms with E-state index < -0.39 is 0 Å². The van der Waals surface area contributed by atoms with Gasteiger partial charge in [-0.1, -0.05) is 30.3 Å². The number of nitrogens with zero attached hydrogens (tertiary/aromatic N) is 5. The number of hydrogen-bond donors (Lipinski definition) is 0. The zero-order valence-corrected chi connectivity index (χ0v) is 18.2. The average molecular weight is 436 g/mol. The predicted octanol–water partition coefficient (Wildman–Crippen LogP) is 4.23. The molecule has 1 aliphatic rings. The minimum atomic E-state index is 0.0323. The minimum Gasteiger partial charge on any atom is -0.345 e. The number of piperazine rings is 1. The molecule has 0 N–H and O–H groups in total. The maximum absolute atomic E-state index is 13.1. The highest BCUT2D eigenvalue weighted by Crippen LogP contribution is 2.29. The van der Waals surface area contributed by atoms with Gasteiger partial charge in [0, 0.05) is 55.1 Å². The van der Waals surface area contributed by atoms with Crippen molar-refractivity contribution in [3.05, 3.63) is 64.3 Å². The van der Waals surface area contributed by atoms with E-state index in [0.29, 0.717) is 18.8 Å². The summed E-state index contributed by atoms with van der Waals surface area (Å²) in [7, 11) is 1.83. The smallest absolute Gasteiger partial charge is 0.272 e. The number of carbonyl (C=O) groups excluding carboxylic acids is 1. The fraction of sp³-hybridized carbons (Fsp3) is 0.227. The Morgan fingerprint density at radius 3 is 2.50 bits per heavy atom. The van der Waals surface area contributed by atoms with Crippen LogP contribution in [0.25, 0.3) is 22.5 Å². The van der Waals surface area contributed by atoms with Crippen LogP contribution in [0, 0.1) is 0 Å². The van der Waals surface area contributed by atoms with Crippen molar-refractivity contribution in [2.45, 2.75) is 0 Å². The zero-order chi connectivity index (χ0) is 20.5. The van der Waals surface area contributed by atoms with Crippen LogP contribution in [0.15, 0.2) is 58.6 Å². The van der Waals surface area contributed by atoms with Gasteiger partial charge in [0.2, 0.25) is 0 Å². The molecule has 30 heavy (non-hydrogen) atoms. The lowest BCUT2D eigenvalue weighted by Gasteiger charge is -2.34. The molecule has 1 amide bonds. The third-order valence-corrected chi connectivity index (χ3v) is 6.90. The van der Waals surface area contributed by atoms with Gasteiger partial charge < -0.3 is 9.80 Å². The number of benzene rings is 1. The molecule has 4 heterocycles. The molecule has 1 aliphatic heterocycles. The Bertz CT molecular complexity index is 1140. The van der Waals surface area contributed by atoms with Crippen molar-refractivity contribution in [2.75, 3.05) is 31.1 Å². The van der Waals surface area contributed by atoms with Gasteiger partial charge >= 0.3 is 0 Å². The lowest BCUT2D eigenvalue weighted by Crippen LogP contribution is -2.49. The molecule has 0 bridgehead atoms. The van der Waals surface area contributed by atoms with E-state index in [-0.39, 0.29) is 5.91 Å². The lowest BCUT2D eigenvalue weighted by molar-refractivity contribution is 0.0735. The van der Waals surface area contributed by atoms with Crippen molar-refractivity contribution in [1.82, 2.24) is 19.7 Å². The van der Waals surface area contributed by atoms with E-state index >= 15 is 0 Å². The van der Waals surface area contributed by atoms with Crippen molar-refractivity contribution < 1.29 is 4.79 Å². The molecule has 6 nitrogen and oxygen atoms in total. The summed E-state index contributed by atoms with van der Waals surface area (Å²) in [6.07, 6.45) is 0. The van der Waals surface area contributed by atoms with Crippen molar-refractivity contribution in [2.24, 2.45) is 7.05 Å². The molecular formula is C22H21N5OS2. The van der Waals surface area contributed by atoms with Crippen molar-refractivity contribution in [3.8, 4) is 22.5 Å². The zero-order valence-electron chi connectivity index (χ0n) is 16.6. The van der Waals surface area contributed by atoms with Gasteiger partial charge in [-0.15, -0.1) is 11.3 Å². The third kappa shape index (κ3) is 3.64. The van der Waals surface area contributed by atoms with Crippen molar-refractivity contribution >= 4 is 33.7 Å². The van der Waals surface area contributed by atoms with Crippen LogP contribution in [0.5, 0.6) is 0 Å². The van der Waals surface area contributed by atoms with Crippen LogP contribution >= 0.6 is 22.7 Å². The van der Waals surface area contributed by atoms with Gasteiger partial charge in [0.05, 0.1) is 11.4 Å². The number of thiazole rings is 1. The monoisotopic (exact) mass is 435 g/mol. The minimum absolute atomic E-state index is 0.0323. The normalized spacial score (nSPS) is 14.3. The van der Waals surface area contributed by atoms with Crippen LogP contribution in [0.4, 0.5) is 5.13 Å². The second-order valence-electron chi connectivity index (χ2n) is 7.21. The lowest BCUT2D eigenvalue weighted by atomic mass is 10.1. The Morgan fingerprint density at radius 1 is 0.967 bits per heavy atom. The van der Waals surface area contributed by atoms with Crippen molar-refractivity contribution in [1.29, 1.82) is 0 Å². The Kier molecular flexibility index (Phi) is 5.10. The Labute approximate surface area is 183 Å². The Hall–Kier alpha value is -2.97. The fourth-order valence-electron chi connectivity index (χ4n) is 3.63. The number of hydrogen-bond acceptors (Lipinski definition) is 6. The SMILES string of the molecule is Cn1nc(-c2ccccc2)cc1C(=O)N1CCN(c2nc(-c3ccsc3)cs2)CC1. The summed E-state index contributed by atoms with van der Waals surface area (Å²) in [5, 5.41) is 11.9. The van der Waals surface area contributed by atoms with Crippen LogP contribution in [0.3, 0.4) is 0 Å². The molecule has 0 atom stereocenters. The molecule has 0 spiro atoms. The van der Waals surface area contributed by atoms with Gasteiger partial charge in [-0.3, -0.25) is 9.48 Å². The number of aryl methyl sites for hydroxylation is 1. The van der Waals surface area contributed by atoms with Gasteiger partial charge in [-0.2, -0.15) is 16.4 Å². The first kappa shape index (κ1) is 19.0. The molecule has 1 aromatic carbocycles. The van der Waals surface area contributed by atoms with E-state index in [9.17, 15) is 4.79 Å². The summed E-state index contributed by atoms with van der Waals surface area (Å²) in [5.74, 6) is 0.0323. The number of carbonyl (C=O) groups is 1. The first-order valence-corrected chi connectivity index (χ1v) is 11.6. The molecule has 0 saturated carbocycles. The number of amides is 1. The third-order valence-electron chi connectivity index (χ3n) is 5.31. The maximum Gasteiger partial charge on any atom is 0.272 e. The second-order valence-corrected chi connectivity index (χ2v) is 8.83. The van der Waals surface area contributed by atoms with E-state index in [1.165, 1.54) is 5.56 Å². The molecule has 5 rings (SSSR count). The molecule has 0 unspecified atom stereocenters. The predicted molar refractivity (Wildman–Crippen MR) is 122 cm³/mol. The summed E-state index contributed by atoms with van der Waals surface area (Å²) < 4.78 is 1.69. The fourth-order valence-corrected chi connectivity index (χ4v) is 5.17. The van der Waals surface area contributed by atoms with Crippen LogP contribution in [0.2, 0.25) is 0 Å². The highest BCUT2D eigenvalue weighted by atomic mass is 32.1. The number of thiophene rings is 1. The van der Waals surface area contributed by atoms with Crippen LogP contribution in [0.1, 0.15) is 10.5 Å². The molecular weight excluding hydrogens is 414 g/mol. The highest BCUT2D eigenvalue weighted by Gasteiger charge is 2.26. The quantitative estimate of drug-likeness (QED) is 0.481. The number of anilines is 1. The van der Waals surface area contributed by atoms with Crippen LogP contribution in [-0.2, 0) is 7.05 Å². The topological polar surface area (TPSA) is 54.3 Å². The largest absolute Gasteiger partial charge is 0.345 e. The summed E-state index contributed by atoms with van der Waals surface area (Å²) in [4.78, 5) is 22.1. The van der Waals surface area contributed by atoms with Gasteiger partial charge in [0.1, 0.15) is 5.69 Å². The van der Waals surface area contributed by atoms with Crippen molar-refractivity contribution in [3.63, 3.8) is 0 Å². The molecule has 0 aliphatic carbocycles. The van der Waals surface area contributed by atoms with Crippen LogP contribution < -0.4 is 4.90 Å². The van der Waals surface area contributed by atoms with Gasteiger partial charge in [-0.25, -0.2) is 4.98 Å². The van der Waals surface area contributed by atoms with Gasteiger partial charge in [0.15, 0.2) is 5.13 Å².